The lowest BCUT2D eigenvalue weighted by Gasteiger charge is -2.34. The van der Waals surface area contributed by atoms with Crippen molar-refractivity contribution < 1.29 is 0 Å². The van der Waals surface area contributed by atoms with Gasteiger partial charge >= 0.3 is 0 Å². The summed E-state index contributed by atoms with van der Waals surface area (Å²) in [5, 5.41) is 9.00. The van der Waals surface area contributed by atoms with E-state index < -0.39 is 0 Å². The number of piperazine rings is 1. The molecule has 2 aromatic heterocycles. The first-order valence-corrected chi connectivity index (χ1v) is 7.61. The van der Waals surface area contributed by atoms with Gasteiger partial charge < -0.3 is 4.90 Å². The predicted molar refractivity (Wildman–Crippen MR) is 83.1 cm³/mol. The highest BCUT2D eigenvalue weighted by molar-refractivity contribution is 5.45. The van der Waals surface area contributed by atoms with Crippen LogP contribution in [-0.2, 0) is 6.54 Å². The van der Waals surface area contributed by atoms with Gasteiger partial charge in [-0.05, 0) is 30.7 Å². The lowest BCUT2D eigenvalue weighted by atomic mass is 10.2. The van der Waals surface area contributed by atoms with Crippen LogP contribution in [0, 0.1) is 11.3 Å². The molecule has 110 valence electrons. The van der Waals surface area contributed by atoms with Crippen LogP contribution in [0.4, 0.5) is 5.82 Å². The van der Waals surface area contributed by atoms with Crippen LogP contribution in [0.2, 0.25) is 0 Å². The fourth-order valence-electron chi connectivity index (χ4n) is 3.57. The van der Waals surface area contributed by atoms with Crippen molar-refractivity contribution in [3.8, 4) is 6.07 Å². The summed E-state index contributed by atoms with van der Waals surface area (Å²) in [6.45, 7) is 2.95. The van der Waals surface area contributed by atoms with Gasteiger partial charge in [0.15, 0.2) is 0 Å². The van der Waals surface area contributed by atoms with Crippen LogP contribution in [0.25, 0.3) is 0 Å². The molecule has 0 spiro atoms. The van der Waals surface area contributed by atoms with E-state index in [1.54, 1.807) is 6.07 Å². The van der Waals surface area contributed by atoms with Crippen LogP contribution in [-0.4, -0.2) is 40.0 Å². The lowest BCUT2D eigenvalue weighted by Crippen LogP contribution is -2.46. The van der Waals surface area contributed by atoms with Crippen molar-refractivity contribution in [2.24, 2.45) is 0 Å². The highest BCUT2D eigenvalue weighted by Gasteiger charge is 2.43. The molecule has 5 heteroatoms. The van der Waals surface area contributed by atoms with Crippen LogP contribution in [0.5, 0.6) is 0 Å². The highest BCUT2D eigenvalue weighted by atomic mass is 15.4. The maximum Gasteiger partial charge on any atom is 0.142 e. The number of nitriles is 1. The van der Waals surface area contributed by atoms with Gasteiger partial charge in [-0.2, -0.15) is 5.26 Å². The predicted octanol–water partition coefficient (Wildman–Crippen LogP) is 1.81. The molecule has 0 radical (unpaired) electrons. The first-order valence-electron chi connectivity index (χ1n) is 7.61. The smallest absolute Gasteiger partial charge is 0.142 e. The maximum absolute atomic E-state index is 9.00. The minimum absolute atomic E-state index is 0.491. The van der Waals surface area contributed by atoms with E-state index >= 15 is 0 Å². The molecule has 2 aromatic rings. The van der Waals surface area contributed by atoms with Gasteiger partial charge in [0, 0.05) is 37.9 Å². The quantitative estimate of drug-likeness (QED) is 0.863. The minimum atomic E-state index is 0.491. The van der Waals surface area contributed by atoms with E-state index in [0.717, 1.165) is 31.1 Å². The Balaban J connectivity index is 1.47. The number of rotatable bonds is 3. The Bertz CT molecular complexity index is 708. The van der Waals surface area contributed by atoms with E-state index in [1.807, 2.05) is 30.5 Å². The summed E-state index contributed by atoms with van der Waals surface area (Å²) in [6.07, 6.45) is 3.03. The number of aromatic nitrogens is 2. The molecule has 0 N–H and O–H groups in total. The molecule has 4 rings (SSSR count). The number of anilines is 1. The number of hydrogen-bond acceptors (Lipinski definition) is 5. The monoisotopic (exact) mass is 291 g/mol. The Kier molecular flexibility index (Phi) is 3.24. The molecule has 5 nitrogen and oxygen atoms in total. The van der Waals surface area contributed by atoms with E-state index in [9.17, 15) is 0 Å². The summed E-state index contributed by atoms with van der Waals surface area (Å²) < 4.78 is 0. The van der Waals surface area contributed by atoms with Gasteiger partial charge in [-0.1, -0.05) is 12.1 Å². The number of fused-ring (bicyclic) bond motifs is 2. The topological polar surface area (TPSA) is 56.1 Å². The van der Waals surface area contributed by atoms with Crippen molar-refractivity contribution >= 4 is 5.82 Å². The third kappa shape index (κ3) is 2.32. The fourth-order valence-corrected chi connectivity index (χ4v) is 3.57. The Labute approximate surface area is 129 Å². The van der Waals surface area contributed by atoms with Gasteiger partial charge in [-0.15, -0.1) is 0 Å². The summed E-state index contributed by atoms with van der Waals surface area (Å²) in [4.78, 5) is 13.7. The van der Waals surface area contributed by atoms with E-state index in [0.29, 0.717) is 17.8 Å². The van der Waals surface area contributed by atoms with E-state index in [-0.39, 0.29) is 0 Å². The molecule has 2 atom stereocenters. The second-order valence-electron chi connectivity index (χ2n) is 5.94. The zero-order valence-corrected chi connectivity index (χ0v) is 12.3. The molecular formula is C17H17N5. The molecular weight excluding hydrogens is 274 g/mol. The number of likely N-dealkylation sites (tertiary alicyclic amines) is 1. The molecule has 0 aromatic carbocycles. The molecule has 0 aliphatic carbocycles. The van der Waals surface area contributed by atoms with Crippen LogP contribution >= 0.6 is 0 Å². The molecule has 2 unspecified atom stereocenters. The number of pyridine rings is 2. The van der Waals surface area contributed by atoms with E-state index in [2.05, 4.69) is 31.9 Å². The Morgan fingerprint density at radius 1 is 1.14 bits per heavy atom. The zero-order valence-electron chi connectivity index (χ0n) is 12.3. The summed E-state index contributed by atoms with van der Waals surface area (Å²) in [5.74, 6) is 0.934. The van der Waals surface area contributed by atoms with Crippen molar-refractivity contribution in [2.45, 2.75) is 25.0 Å². The van der Waals surface area contributed by atoms with Gasteiger partial charge in [-0.3, -0.25) is 9.88 Å². The molecule has 2 saturated heterocycles. The SMILES string of the molecule is N#Cc1cccc(N2CC3CC2CN3Cc2ccccn2)n1. The van der Waals surface area contributed by atoms with Gasteiger partial charge in [0.1, 0.15) is 17.6 Å². The molecule has 2 fully saturated rings. The maximum atomic E-state index is 9.00. The van der Waals surface area contributed by atoms with Crippen LogP contribution < -0.4 is 4.90 Å². The molecule has 4 heterocycles. The molecule has 0 saturated carbocycles. The standard InChI is InChI=1S/C17H17N5/c18-9-13-5-3-6-17(20-13)22-12-15-8-16(22)11-21(15)10-14-4-1-2-7-19-14/h1-7,15-16H,8,10-12H2. The second kappa shape index (κ2) is 5.39. The van der Waals surface area contributed by atoms with Crippen LogP contribution in [0.3, 0.4) is 0 Å². The summed E-state index contributed by atoms with van der Waals surface area (Å²) in [7, 11) is 0. The van der Waals surface area contributed by atoms with Gasteiger partial charge in [0.25, 0.3) is 0 Å². The molecule has 22 heavy (non-hydrogen) atoms. The van der Waals surface area contributed by atoms with Crippen molar-refractivity contribution in [1.29, 1.82) is 5.26 Å². The van der Waals surface area contributed by atoms with Gasteiger partial charge in [0.05, 0.1) is 5.69 Å². The average Bonchev–Trinajstić information content (AvgIpc) is 3.16. The zero-order chi connectivity index (χ0) is 14.9. The fraction of sp³-hybridized carbons (Fsp3) is 0.353. The lowest BCUT2D eigenvalue weighted by molar-refractivity contribution is 0.227. The number of nitrogens with zero attached hydrogens (tertiary/aromatic N) is 5. The second-order valence-corrected chi connectivity index (χ2v) is 5.94. The van der Waals surface area contributed by atoms with Crippen LogP contribution in [0.1, 0.15) is 17.8 Å². The Morgan fingerprint density at radius 3 is 2.82 bits per heavy atom. The van der Waals surface area contributed by atoms with Crippen molar-refractivity contribution in [2.75, 3.05) is 18.0 Å². The van der Waals surface area contributed by atoms with Gasteiger partial charge in [-0.25, -0.2) is 4.98 Å². The normalized spacial score (nSPS) is 23.7. The summed E-state index contributed by atoms with van der Waals surface area (Å²) in [6, 6.07) is 14.9. The molecule has 2 aliphatic rings. The van der Waals surface area contributed by atoms with Crippen molar-refractivity contribution in [3.63, 3.8) is 0 Å². The van der Waals surface area contributed by atoms with Crippen molar-refractivity contribution in [1.82, 2.24) is 14.9 Å². The first-order chi connectivity index (χ1) is 10.8. The van der Waals surface area contributed by atoms with Gasteiger partial charge in [0.2, 0.25) is 0 Å². The van der Waals surface area contributed by atoms with Crippen LogP contribution in [0.15, 0.2) is 42.6 Å². The molecule has 0 amide bonds. The number of hydrogen-bond donors (Lipinski definition) is 0. The largest absolute Gasteiger partial charge is 0.351 e. The van der Waals surface area contributed by atoms with E-state index in [1.165, 1.54) is 6.42 Å². The summed E-state index contributed by atoms with van der Waals surface area (Å²) >= 11 is 0. The molecule has 2 bridgehead atoms. The van der Waals surface area contributed by atoms with E-state index in [4.69, 9.17) is 5.26 Å². The molecule has 2 aliphatic heterocycles. The highest BCUT2D eigenvalue weighted by Crippen LogP contribution is 2.34. The summed E-state index contributed by atoms with van der Waals surface area (Å²) in [5.41, 5.74) is 1.62. The Morgan fingerprint density at radius 2 is 2.09 bits per heavy atom. The van der Waals surface area contributed by atoms with Crippen molar-refractivity contribution in [3.05, 3.63) is 54.0 Å². The first kappa shape index (κ1) is 13.2. The third-order valence-corrected chi connectivity index (χ3v) is 4.59. The Hall–Kier alpha value is -2.45. The third-order valence-electron chi connectivity index (χ3n) is 4.59. The average molecular weight is 291 g/mol. The minimum Gasteiger partial charge on any atom is -0.351 e.